The first-order valence-corrected chi connectivity index (χ1v) is 6.45. The van der Waals surface area contributed by atoms with Crippen LogP contribution in [-0.2, 0) is 0 Å². The number of rotatable bonds is 5. The third-order valence-corrected chi connectivity index (χ3v) is 3.47. The Labute approximate surface area is 104 Å². The first-order chi connectivity index (χ1) is 8.76. The highest BCUT2D eigenvalue weighted by Gasteiger charge is 2.24. The fraction of sp³-hybridized carbons (Fsp3) is 0.583. The van der Waals surface area contributed by atoms with Gasteiger partial charge in [-0.05, 0) is 18.8 Å². The Bertz CT molecular complexity index is 598. The zero-order valence-corrected chi connectivity index (χ0v) is 10.4. The Hall–Kier alpha value is -1.85. The molecule has 3 rings (SSSR count). The molecule has 2 aromatic heterocycles. The van der Waals surface area contributed by atoms with Gasteiger partial charge in [0.25, 0.3) is 0 Å². The largest absolute Gasteiger partial charge is 0.367 e. The summed E-state index contributed by atoms with van der Waals surface area (Å²) in [7, 11) is 0. The van der Waals surface area contributed by atoms with Gasteiger partial charge in [-0.1, -0.05) is 19.8 Å². The lowest BCUT2D eigenvalue weighted by Crippen LogP contribution is -2.20. The number of nitrogens with one attached hydrogen (secondary N) is 2. The van der Waals surface area contributed by atoms with Crippen LogP contribution in [0.25, 0.3) is 5.65 Å². The van der Waals surface area contributed by atoms with Gasteiger partial charge in [-0.2, -0.15) is 5.10 Å². The highest BCUT2D eigenvalue weighted by Crippen LogP contribution is 2.34. The van der Waals surface area contributed by atoms with Crippen molar-refractivity contribution in [2.75, 3.05) is 5.32 Å². The summed E-state index contributed by atoms with van der Waals surface area (Å²) in [6.45, 7) is 2.18. The average molecular weight is 247 g/mol. The number of aromatic nitrogens is 4. The van der Waals surface area contributed by atoms with E-state index in [1.807, 2.05) is 0 Å². The van der Waals surface area contributed by atoms with Gasteiger partial charge in [-0.25, -0.2) is 19.3 Å². The van der Waals surface area contributed by atoms with Crippen LogP contribution in [0.15, 0.2) is 17.2 Å². The van der Waals surface area contributed by atoms with Crippen LogP contribution in [0.3, 0.4) is 0 Å². The Morgan fingerprint density at radius 2 is 2.44 bits per heavy atom. The number of hydrogen-bond acceptors (Lipinski definition) is 4. The van der Waals surface area contributed by atoms with Crippen molar-refractivity contribution in [3.8, 4) is 0 Å². The van der Waals surface area contributed by atoms with E-state index in [4.69, 9.17) is 0 Å². The van der Waals surface area contributed by atoms with Crippen molar-refractivity contribution >= 4 is 11.5 Å². The topological polar surface area (TPSA) is 75.1 Å². The Kier molecular flexibility index (Phi) is 2.77. The van der Waals surface area contributed by atoms with E-state index in [2.05, 4.69) is 27.4 Å². The molecule has 2 heterocycles. The monoisotopic (exact) mass is 247 g/mol. The number of hydrogen-bond donors (Lipinski definition) is 2. The zero-order chi connectivity index (χ0) is 12.5. The molecular weight excluding hydrogens is 230 g/mol. The van der Waals surface area contributed by atoms with Crippen molar-refractivity contribution in [2.24, 2.45) is 5.92 Å². The Morgan fingerprint density at radius 1 is 1.61 bits per heavy atom. The predicted molar refractivity (Wildman–Crippen MR) is 68.7 cm³/mol. The maximum Gasteiger partial charge on any atom is 0.348 e. The van der Waals surface area contributed by atoms with E-state index in [-0.39, 0.29) is 5.69 Å². The lowest BCUT2D eigenvalue weighted by atomic mass is 10.1. The van der Waals surface area contributed by atoms with Crippen molar-refractivity contribution in [1.82, 2.24) is 19.6 Å². The van der Waals surface area contributed by atoms with Gasteiger partial charge in [-0.3, -0.25) is 0 Å². The smallest absolute Gasteiger partial charge is 0.348 e. The van der Waals surface area contributed by atoms with Crippen LogP contribution in [0, 0.1) is 5.92 Å². The fourth-order valence-electron chi connectivity index (χ4n) is 2.18. The Morgan fingerprint density at radius 3 is 3.17 bits per heavy atom. The van der Waals surface area contributed by atoms with Crippen LogP contribution >= 0.6 is 0 Å². The number of nitrogens with zero attached hydrogens (tertiary/aromatic N) is 3. The van der Waals surface area contributed by atoms with Crippen molar-refractivity contribution in [1.29, 1.82) is 0 Å². The molecule has 0 aliphatic heterocycles. The second kappa shape index (κ2) is 4.44. The van der Waals surface area contributed by atoms with Crippen LogP contribution in [0.1, 0.15) is 32.6 Å². The standard InChI is InChI=1S/C12H17N5O/c1-2-9(5-8-3-4-8)14-10-6-11-15-16-12(18)17(11)7-13-10/h6-9,14H,2-5H2,1H3,(H,16,18). The molecule has 1 atom stereocenters. The van der Waals surface area contributed by atoms with Crippen molar-refractivity contribution in [3.63, 3.8) is 0 Å². The molecule has 0 amide bonds. The van der Waals surface area contributed by atoms with Gasteiger partial charge in [0.15, 0.2) is 5.65 Å². The molecule has 2 N–H and O–H groups in total. The van der Waals surface area contributed by atoms with Crippen molar-refractivity contribution < 1.29 is 0 Å². The zero-order valence-electron chi connectivity index (χ0n) is 10.4. The molecule has 1 aliphatic rings. The Balaban J connectivity index is 1.78. The average Bonchev–Trinajstić information content (AvgIpc) is 3.12. The number of anilines is 1. The summed E-state index contributed by atoms with van der Waals surface area (Å²) in [6.07, 6.45) is 6.51. The maximum absolute atomic E-state index is 11.3. The SMILES string of the molecule is CCC(CC1CC1)Nc1cc2n[nH]c(=O)n2cn1. The molecule has 1 saturated carbocycles. The van der Waals surface area contributed by atoms with Crippen molar-refractivity contribution in [3.05, 3.63) is 22.9 Å². The molecule has 6 nitrogen and oxygen atoms in total. The first-order valence-electron chi connectivity index (χ1n) is 6.45. The summed E-state index contributed by atoms with van der Waals surface area (Å²) in [4.78, 5) is 15.6. The van der Waals surface area contributed by atoms with E-state index in [0.29, 0.717) is 11.7 Å². The maximum atomic E-state index is 11.3. The first kappa shape index (κ1) is 11.3. The molecule has 6 heteroatoms. The van der Waals surface area contributed by atoms with E-state index >= 15 is 0 Å². The third kappa shape index (κ3) is 2.23. The summed E-state index contributed by atoms with van der Waals surface area (Å²) in [5, 5.41) is 9.75. The summed E-state index contributed by atoms with van der Waals surface area (Å²) in [5.74, 6) is 1.67. The second-order valence-corrected chi connectivity index (χ2v) is 4.96. The van der Waals surface area contributed by atoms with Crippen LogP contribution in [0.5, 0.6) is 0 Å². The molecule has 0 bridgehead atoms. The minimum Gasteiger partial charge on any atom is -0.367 e. The van der Waals surface area contributed by atoms with E-state index in [1.165, 1.54) is 30.0 Å². The van der Waals surface area contributed by atoms with Gasteiger partial charge in [0.05, 0.1) is 0 Å². The van der Waals surface area contributed by atoms with Gasteiger partial charge in [-0.15, -0.1) is 0 Å². The van der Waals surface area contributed by atoms with Gasteiger partial charge >= 0.3 is 5.69 Å². The molecule has 0 saturated heterocycles. The third-order valence-electron chi connectivity index (χ3n) is 3.47. The van der Waals surface area contributed by atoms with Crippen LogP contribution in [0.2, 0.25) is 0 Å². The van der Waals surface area contributed by atoms with E-state index < -0.39 is 0 Å². The van der Waals surface area contributed by atoms with Crippen LogP contribution in [-0.4, -0.2) is 25.6 Å². The van der Waals surface area contributed by atoms with Crippen LogP contribution < -0.4 is 11.0 Å². The molecule has 2 aromatic rings. The molecule has 96 valence electrons. The molecule has 1 aliphatic carbocycles. The molecular formula is C12H17N5O. The van der Waals surface area contributed by atoms with Gasteiger partial charge in [0, 0.05) is 12.1 Å². The summed E-state index contributed by atoms with van der Waals surface area (Å²) in [5.41, 5.74) is 0.341. The highest BCUT2D eigenvalue weighted by atomic mass is 16.1. The summed E-state index contributed by atoms with van der Waals surface area (Å²) in [6, 6.07) is 2.26. The minimum atomic E-state index is -0.255. The van der Waals surface area contributed by atoms with Crippen LogP contribution in [0.4, 0.5) is 5.82 Å². The van der Waals surface area contributed by atoms with Gasteiger partial charge < -0.3 is 5.32 Å². The molecule has 18 heavy (non-hydrogen) atoms. The second-order valence-electron chi connectivity index (χ2n) is 4.96. The molecule has 1 unspecified atom stereocenters. The number of fused-ring (bicyclic) bond motifs is 1. The minimum absolute atomic E-state index is 0.255. The summed E-state index contributed by atoms with van der Waals surface area (Å²) >= 11 is 0. The highest BCUT2D eigenvalue weighted by molar-refractivity contribution is 5.48. The van der Waals surface area contributed by atoms with E-state index in [1.54, 1.807) is 6.07 Å². The van der Waals surface area contributed by atoms with Gasteiger partial charge in [0.1, 0.15) is 12.1 Å². The fourth-order valence-corrected chi connectivity index (χ4v) is 2.18. The molecule has 0 radical (unpaired) electrons. The van der Waals surface area contributed by atoms with Gasteiger partial charge in [0.2, 0.25) is 0 Å². The van der Waals surface area contributed by atoms with E-state index in [0.717, 1.165) is 18.2 Å². The van der Waals surface area contributed by atoms with Crippen molar-refractivity contribution in [2.45, 2.75) is 38.6 Å². The number of aromatic amines is 1. The quantitative estimate of drug-likeness (QED) is 0.837. The summed E-state index contributed by atoms with van der Waals surface area (Å²) < 4.78 is 1.40. The molecule has 0 spiro atoms. The molecule has 1 fully saturated rings. The molecule has 0 aromatic carbocycles. The van der Waals surface area contributed by atoms with E-state index in [9.17, 15) is 4.79 Å². The lowest BCUT2D eigenvalue weighted by molar-refractivity contribution is 0.585. The predicted octanol–water partition coefficient (Wildman–Crippen LogP) is 1.41. The lowest BCUT2D eigenvalue weighted by Gasteiger charge is -2.16. The number of H-pyrrole nitrogens is 1. The normalized spacial score (nSPS) is 16.9.